The first-order chi connectivity index (χ1) is 7.67. The number of benzene rings is 1. The molecule has 0 heterocycles. The molecule has 1 aromatic carbocycles. The number of rotatable bonds is 5. The summed E-state index contributed by atoms with van der Waals surface area (Å²) in [7, 11) is 1.32. The molecule has 0 N–H and O–H groups in total. The molecule has 0 aromatic heterocycles. The fourth-order valence-corrected chi connectivity index (χ4v) is 1.59. The summed E-state index contributed by atoms with van der Waals surface area (Å²) in [6.45, 7) is 0. The number of carbonyl (C=O) groups is 1. The van der Waals surface area contributed by atoms with Crippen LogP contribution in [0.5, 0.6) is 0 Å². The molecule has 1 aromatic rings. The van der Waals surface area contributed by atoms with Gasteiger partial charge in [0.15, 0.2) is 0 Å². The van der Waals surface area contributed by atoms with Crippen molar-refractivity contribution in [2.45, 2.75) is 18.9 Å². The lowest BCUT2D eigenvalue weighted by Crippen LogP contribution is -2.03. The molecule has 0 aliphatic heterocycles. The average molecular weight is 286 g/mol. The van der Waals surface area contributed by atoms with E-state index in [4.69, 9.17) is 0 Å². The van der Waals surface area contributed by atoms with Crippen molar-refractivity contribution >= 4 is 21.9 Å². The largest absolute Gasteiger partial charge is 0.469 e. The second-order valence-electron chi connectivity index (χ2n) is 3.29. The minimum atomic E-state index is -0.493. The van der Waals surface area contributed by atoms with Gasteiger partial charge in [-0.25, -0.2) is 0 Å². The van der Waals surface area contributed by atoms with Crippen molar-refractivity contribution in [1.29, 1.82) is 0 Å². The number of esters is 1. The molecule has 1 unspecified atom stereocenters. The van der Waals surface area contributed by atoms with Gasteiger partial charge in [0.1, 0.15) is 6.04 Å². The van der Waals surface area contributed by atoms with Crippen molar-refractivity contribution in [2.24, 2.45) is 5.18 Å². The Labute approximate surface area is 102 Å². The number of hydrogen-bond donors (Lipinski definition) is 0. The van der Waals surface area contributed by atoms with Crippen LogP contribution in [0.1, 0.15) is 24.4 Å². The van der Waals surface area contributed by atoms with Gasteiger partial charge in [0, 0.05) is 10.9 Å². The molecule has 1 rings (SSSR count). The summed E-state index contributed by atoms with van der Waals surface area (Å²) in [6, 6.07) is 6.81. The van der Waals surface area contributed by atoms with Gasteiger partial charge in [0.2, 0.25) is 0 Å². The summed E-state index contributed by atoms with van der Waals surface area (Å²) in [5.41, 5.74) is 0.808. The number of ether oxygens (including phenoxy) is 1. The topological polar surface area (TPSA) is 55.7 Å². The second-order valence-corrected chi connectivity index (χ2v) is 4.20. The van der Waals surface area contributed by atoms with Crippen LogP contribution in [0.25, 0.3) is 0 Å². The van der Waals surface area contributed by atoms with Crippen LogP contribution in [0.2, 0.25) is 0 Å². The van der Waals surface area contributed by atoms with E-state index in [-0.39, 0.29) is 12.4 Å². The lowest BCUT2D eigenvalue weighted by molar-refractivity contribution is -0.140. The minimum Gasteiger partial charge on any atom is -0.469 e. The van der Waals surface area contributed by atoms with Crippen LogP contribution in [-0.2, 0) is 9.53 Å². The summed E-state index contributed by atoms with van der Waals surface area (Å²) < 4.78 is 5.45. The van der Waals surface area contributed by atoms with Gasteiger partial charge in [-0.1, -0.05) is 33.2 Å². The molecule has 4 nitrogen and oxygen atoms in total. The zero-order valence-electron chi connectivity index (χ0n) is 8.85. The predicted octanol–water partition coefficient (Wildman–Crippen LogP) is 3.21. The van der Waals surface area contributed by atoms with E-state index in [0.717, 1.165) is 10.0 Å². The molecule has 0 fully saturated rings. The van der Waals surface area contributed by atoms with Crippen LogP contribution in [0.15, 0.2) is 33.9 Å². The number of hydrogen-bond acceptors (Lipinski definition) is 4. The number of carbonyl (C=O) groups excluding carboxylic acids is 1. The van der Waals surface area contributed by atoms with Crippen molar-refractivity contribution in [1.82, 2.24) is 0 Å². The molecule has 0 bridgehead atoms. The molecule has 1 atom stereocenters. The van der Waals surface area contributed by atoms with E-state index in [1.165, 1.54) is 7.11 Å². The third-order valence-corrected chi connectivity index (χ3v) is 2.76. The third-order valence-electron chi connectivity index (χ3n) is 2.23. The zero-order chi connectivity index (χ0) is 12.0. The molecule has 0 spiro atoms. The summed E-state index contributed by atoms with van der Waals surface area (Å²) >= 11 is 3.31. The van der Waals surface area contributed by atoms with Crippen LogP contribution >= 0.6 is 15.9 Å². The van der Waals surface area contributed by atoms with Crippen LogP contribution in [0.3, 0.4) is 0 Å². The molecule has 5 heteroatoms. The Kier molecular flexibility index (Phi) is 5.11. The second kappa shape index (κ2) is 6.37. The molecule has 0 amide bonds. The molecule has 0 aliphatic rings. The molecule has 16 heavy (non-hydrogen) atoms. The quantitative estimate of drug-likeness (QED) is 0.617. The highest BCUT2D eigenvalue weighted by atomic mass is 79.9. The highest BCUT2D eigenvalue weighted by Crippen LogP contribution is 2.24. The average Bonchev–Trinajstić information content (AvgIpc) is 2.31. The monoisotopic (exact) mass is 285 g/mol. The summed E-state index contributed by atoms with van der Waals surface area (Å²) in [4.78, 5) is 21.6. The van der Waals surface area contributed by atoms with Crippen molar-refractivity contribution in [3.8, 4) is 0 Å². The van der Waals surface area contributed by atoms with Gasteiger partial charge in [-0.15, -0.1) is 0 Å². The number of nitroso groups, excluding NO2 is 1. The van der Waals surface area contributed by atoms with Gasteiger partial charge in [-0.2, -0.15) is 4.91 Å². The Morgan fingerprint density at radius 1 is 1.44 bits per heavy atom. The summed E-state index contributed by atoms with van der Waals surface area (Å²) in [5.74, 6) is -0.328. The molecule has 0 radical (unpaired) electrons. The summed E-state index contributed by atoms with van der Waals surface area (Å²) in [6.07, 6.45) is 0.570. The highest BCUT2D eigenvalue weighted by Gasteiger charge is 2.13. The van der Waals surface area contributed by atoms with E-state index in [9.17, 15) is 9.70 Å². The maximum atomic E-state index is 10.9. The first-order valence-corrected chi connectivity index (χ1v) is 5.61. The molecule has 0 saturated carbocycles. The molecular formula is C11H12BrNO3. The van der Waals surface area contributed by atoms with E-state index in [2.05, 4.69) is 25.8 Å². The van der Waals surface area contributed by atoms with Crippen molar-refractivity contribution in [3.05, 3.63) is 39.2 Å². The zero-order valence-corrected chi connectivity index (χ0v) is 10.4. The fourth-order valence-electron chi connectivity index (χ4n) is 1.32. The van der Waals surface area contributed by atoms with Crippen LogP contribution in [0, 0.1) is 4.91 Å². The Morgan fingerprint density at radius 2 is 2.06 bits per heavy atom. The third kappa shape index (κ3) is 3.73. The van der Waals surface area contributed by atoms with E-state index < -0.39 is 6.04 Å². The van der Waals surface area contributed by atoms with Gasteiger partial charge < -0.3 is 4.74 Å². The van der Waals surface area contributed by atoms with Gasteiger partial charge in [-0.3, -0.25) is 4.79 Å². The van der Waals surface area contributed by atoms with Crippen molar-refractivity contribution in [2.75, 3.05) is 7.11 Å². The lowest BCUT2D eigenvalue weighted by atomic mass is 10.0. The normalized spacial score (nSPS) is 11.9. The Bertz CT molecular complexity index is 364. The first-order valence-electron chi connectivity index (χ1n) is 4.82. The SMILES string of the molecule is COC(=O)CCC(N=O)c1ccc(Br)cc1. The molecular weight excluding hydrogens is 274 g/mol. The van der Waals surface area contributed by atoms with Crippen molar-refractivity contribution in [3.63, 3.8) is 0 Å². The van der Waals surface area contributed by atoms with Crippen LogP contribution in [-0.4, -0.2) is 13.1 Å². The van der Waals surface area contributed by atoms with Gasteiger partial charge in [0.05, 0.1) is 7.11 Å². The van der Waals surface area contributed by atoms with Gasteiger partial charge in [-0.05, 0) is 24.1 Å². The van der Waals surface area contributed by atoms with Crippen LogP contribution < -0.4 is 0 Å². The maximum Gasteiger partial charge on any atom is 0.305 e. The number of methoxy groups -OCH3 is 1. The first kappa shape index (κ1) is 12.8. The minimum absolute atomic E-state index is 0.197. The lowest BCUT2D eigenvalue weighted by Gasteiger charge is -2.08. The smallest absolute Gasteiger partial charge is 0.305 e. The van der Waals surface area contributed by atoms with E-state index in [0.29, 0.717) is 6.42 Å². The molecule has 0 aliphatic carbocycles. The van der Waals surface area contributed by atoms with Gasteiger partial charge >= 0.3 is 5.97 Å². The molecule has 86 valence electrons. The Morgan fingerprint density at radius 3 is 2.56 bits per heavy atom. The predicted molar refractivity (Wildman–Crippen MR) is 63.9 cm³/mol. The number of nitrogens with zero attached hydrogens (tertiary/aromatic N) is 1. The number of halogens is 1. The maximum absolute atomic E-state index is 10.9. The Balaban J connectivity index is 2.64. The molecule has 0 saturated heterocycles. The highest BCUT2D eigenvalue weighted by molar-refractivity contribution is 9.10. The van der Waals surface area contributed by atoms with Gasteiger partial charge in [0.25, 0.3) is 0 Å². The summed E-state index contributed by atoms with van der Waals surface area (Å²) in [5, 5.41) is 3.02. The van der Waals surface area contributed by atoms with Crippen LogP contribution in [0.4, 0.5) is 0 Å². The fraction of sp³-hybridized carbons (Fsp3) is 0.364. The van der Waals surface area contributed by atoms with E-state index in [1.54, 1.807) is 0 Å². The van der Waals surface area contributed by atoms with E-state index in [1.807, 2.05) is 24.3 Å². The Hall–Kier alpha value is -1.23. The van der Waals surface area contributed by atoms with Crippen molar-refractivity contribution < 1.29 is 9.53 Å². The van der Waals surface area contributed by atoms with E-state index >= 15 is 0 Å². The standard InChI is InChI=1S/C11H12BrNO3/c1-16-11(14)7-6-10(13-15)8-2-4-9(12)5-3-8/h2-5,10H,6-7H2,1H3.